The Morgan fingerprint density at radius 1 is 1.38 bits per heavy atom. The molecule has 16 heavy (non-hydrogen) atoms. The molecule has 0 aliphatic heterocycles. The lowest BCUT2D eigenvalue weighted by Crippen LogP contribution is -2.19. The first-order valence-corrected chi connectivity index (χ1v) is 6.14. The maximum Gasteiger partial charge on any atom is 0.121 e. The molecular formula is C14H21NO. The number of benzene rings is 1. The molecule has 1 fully saturated rings. The lowest BCUT2D eigenvalue weighted by molar-refractivity contribution is 0.411. The smallest absolute Gasteiger partial charge is 0.121 e. The molecule has 0 radical (unpaired) electrons. The second-order valence-electron chi connectivity index (χ2n) is 4.70. The fourth-order valence-electron chi connectivity index (χ4n) is 1.96. The first-order chi connectivity index (χ1) is 7.79. The van der Waals surface area contributed by atoms with Crippen LogP contribution in [0.15, 0.2) is 18.2 Å². The van der Waals surface area contributed by atoms with E-state index in [1.807, 2.05) is 0 Å². The highest BCUT2D eigenvalue weighted by atomic mass is 16.5. The molecule has 1 aromatic rings. The van der Waals surface area contributed by atoms with Crippen molar-refractivity contribution in [1.29, 1.82) is 0 Å². The molecule has 1 saturated carbocycles. The van der Waals surface area contributed by atoms with E-state index in [0.29, 0.717) is 0 Å². The lowest BCUT2D eigenvalue weighted by Gasteiger charge is -2.08. The minimum Gasteiger partial charge on any atom is -0.496 e. The van der Waals surface area contributed by atoms with Gasteiger partial charge >= 0.3 is 0 Å². The van der Waals surface area contributed by atoms with Crippen molar-refractivity contribution in [1.82, 2.24) is 5.32 Å². The number of methoxy groups -OCH3 is 1. The first kappa shape index (κ1) is 11.5. The number of rotatable bonds is 6. The Labute approximate surface area is 98.0 Å². The minimum absolute atomic E-state index is 0.970. The molecule has 2 nitrogen and oxygen atoms in total. The fourth-order valence-corrected chi connectivity index (χ4v) is 1.96. The highest BCUT2D eigenvalue weighted by molar-refractivity contribution is 5.36. The molecule has 0 bridgehead atoms. The summed E-state index contributed by atoms with van der Waals surface area (Å²) in [5, 5.41) is 3.51. The Kier molecular flexibility index (Phi) is 3.83. The van der Waals surface area contributed by atoms with Crippen LogP contribution in [0.5, 0.6) is 5.75 Å². The largest absolute Gasteiger partial charge is 0.496 e. The van der Waals surface area contributed by atoms with E-state index in [2.05, 4.69) is 30.4 Å². The van der Waals surface area contributed by atoms with E-state index in [4.69, 9.17) is 4.74 Å². The Balaban J connectivity index is 1.77. The van der Waals surface area contributed by atoms with Crippen molar-refractivity contribution in [3.8, 4) is 5.75 Å². The van der Waals surface area contributed by atoms with Crippen LogP contribution in [0.4, 0.5) is 0 Å². The van der Waals surface area contributed by atoms with Crippen LogP contribution < -0.4 is 10.1 Å². The van der Waals surface area contributed by atoms with E-state index in [-0.39, 0.29) is 0 Å². The van der Waals surface area contributed by atoms with Crippen molar-refractivity contribution in [2.24, 2.45) is 5.92 Å². The van der Waals surface area contributed by atoms with Gasteiger partial charge in [-0.25, -0.2) is 0 Å². The molecule has 0 atom stereocenters. The number of aryl methyl sites for hydroxylation is 1. The Bertz CT molecular complexity index is 345. The molecule has 1 aliphatic rings. The summed E-state index contributed by atoms with van der Waals surface area (Å²) in [7, 11) is 1.72. The number of hydrogen-bond acceptors (Lipinski definition) is 2. The summed E-state index contributed by atoms with van der Waals surface area (Å²) in [6.45, 7) is 4.39. The van der Waals surface area contributed by atoms with Gasteiger partial charge in [-0.15, -0.1) is 0 Å². The Morgan fingerprint density at radius 3 is 2.81 bits per heavy atom. The molecule has 1 aromatic carbocycles. The van der Waals surface area contributed by atoms with E-state index < -0.39 is 0 Å². The summed E-state index contributed by atoms with van der Waals surface area (Å²) < 4.78 is 5.25. The topological polar surface area (TPSA) is 21.3 Å². The van der Waals surface area contributed by atoms with Crippen LogP contribution >= 0.6 is 0 Å². The molecular weight excluding hydrogens is 198 g/mol. The van der Waals surface area contributed by atoms with Gasteiger partial charge in [-0.2, -0.15) is 0 Å². The van der Waals surface area contributed by atoms with Crippen molar-refractivity contribution in [3.63, 3.8) is 0 Å². The van der Waals surface area contributed by atoms with Gasteiger partial charge in [-0.05, 0) is 62.4 Å². The second-order valence-corrected chi connectivity index (χ2v) is 4.70. The fraction of sp³-hybridized carbons (Fsp3) is 0.571. The summed E-state index contributed by atoms with van der Waals surface area (Å²) >= 11 is 0. The summed E-state index contributed by atoms with van der Waals surface area (Å²) in [4.78, 5) is 0. The minimum atomic E-state index is 0.970. The van der Waals surface area contributed by atoms with Gasteiger partial charge < -0.3 is 10.1 Å². The molecule has 0 heterocycles. The van der Waals surface area contributed by atoms with Gasteiger partial charge in [0.1, 0.15) is 5.75 Å². The lowest BCUT2D eigenvalue weighted by atomic mass is 10.1. The van der Waals surface area contributed by atoms with Crippen LogP contribution in [0.1, 0.15) is 24.0 Å². The van der Waals surface area contributed by atoms with Gasteiger partial charge in [0.15, 0.2) is 0 Å². The predicted molar refractivity (Wildman–Crippen MR) is 67.0 cm³/mol. The van der Waals surface area contributed by atoms with Crippen LogP contribution in [0.2, 0.25) is 0 Å². The van der Waals surface area contributed by atoms with E-state index in [9.17, 15) is 0 Å². The molecule has 2 rings (SSSR count). The van der Waals surface area contributed by atoms with Gasteiger partial charge in [0.05, 0.1) is 7.11 Å². The number of ether oxygens (including phenoxy) is 1. The highest BCUT2D eigenvalue weighted by Crippen LogP contribution is 2.27. The zero-order valence-electron chi connectivity index (χ0n) is 10.3. The summed E-state index contributed by atoms with van der Waals surface area (Å²) in [5.41, 5.74) is 2.61. The van der Waals surface area contributed by atoms with Crippen molar-refractivity contribution < 1.29 is 4.74 Å². The van der Waals surface area contributed by atoms with Crippen LogP contribution in [0.3, 0.4) is 0 Å². The van der Waals surface area contributed by atoms with E-state index in [1.54, 1.807) is 7.11 Å². The molecule has 1 N–H and O–H groups in total. The highest BCUT2D eigenvalue weighted by Gasteiger charge is 2.19. The van der Waals surface area contributed by atoms with Crippen molar-refractivity contribution in [3.05, 3.63) is 29.3 Å². The third kappa shape index (κ3) is 3.24. The summed E-state index contributed by atoms with van der Waals surface area (Å²) in [6.07, 6.45) is 3.96. The van der Waals surface area contributed by atoms with Crippen molar-refractivity contribution in [2.45, 2.75) is 26.2 Å². The SMILES string of the molecule is COc1ccc(CCNCC2CC2)cc1C. The zero-order chi connectivity index (χ0) is 11.4. The van der Waals surface area contributed by atoms with Crippen LogP contribution in [-0.2, 0) is 6.42 Å². The predicted octanol–water partition coefficient (Wildman–Crippen LogP) is 2.55. The monoisotopic (exact) mass is 219 g/mol. The van der Waals surface area contributed by atoms with Gasteiger partial charge in [-0.1, -0.05) is 12.1 Å². The first-order valence-electron chi connectivity index (χ1n) is 6.14. The van der Waals surface area contributed by atoms with Crippen LogP contribution in [0.25, 0.3) is 0 Å². The maximum atomic E-state index is 5.25. The molecule has 0 saturated heterocycles. The zero-order valence-corrected chi connectivity index (χ0v) is 10.3. The third-order valence-electron chi connectivity index (χ3n) is 3.18. The van der Waals surface area contributed by atoms with Gasteiger partial charge in [0.2, 0.25) is 0 Å². The molecule has 0 amide bonds. The van der Waals surface area contributed by atoms with E-state index in [0.717, 1.165) is 24.6 Å². The quantitative estimate of drug-likeness (QED) is 0.742. The number of hydrogen-bond donors (Lipinski definition) is 1. The Hall–Kier alpha value is -1.02. The standard InChI is InChI=1S/C14H21NO/c1-11-9-12(5-6-14(11)16-2)7-8-15-10-13-3-4-13/h5-6,9,13,15H,3-4,7-8,10H2,1-2H3. The van der Waals surface area contributed by atoms with Crippen LogP contribution in [0, 0.1) is 12.8 Å². The summed E-state index contributed by atoms with van der Waals surface area (Å²) in [6, 6.07) is 6.44. The second kappa shape index (κ2) is 5.35. The average Bonchev–Trinajstić information content (AvgIpc) is 3.08. The molecule has 88 valence electrons. The van der Waals surface area contributed by atoms with Gasteiger partial charge in [-0.3, -0.25) is 0 Å². The van der Waals surface area contributed by atoms with Crippen molar-refractivity contribution >= 4 is 0 Å². The third-order valence-corrected chi connectivity index (χ3v) is 3.18. The van der Waals surface area contributed by atoms with Gasteiger partial charge in [0.25, 0.3) is 0 Å². The molecule has 0 unspecified atom stereocenters. The molecule has 2 heteroatoms. The van der Waals surface area contributed by atoms with E-state index in [1.165, 1.54) is 30.5 Å². The summed E-state index contributed by atoms with van der Waals surface area (Å²) in [5.74, 6) is 1.95. The normalized spacial score (nSPS) is 15.1. The van der Waals surface area contributed by atoms with Gasteiger partial charge in [0, 0.05) is 0 Å². The Morgan fingerprint density at radius 2 is 2.19 bits per heavy atom. The number of nitrogens with one attached hydrogen (secondary N) is 1. The maximum absolute atomic E-state index is 5.25. The van der Waals surface area contributed by atoms with E-state index >= 15 is 0 Å². The van der Waals surface area contributed by atoms with Crippen molar-refractivity contribution in [2.75, 3.05) is 20.2 Å². The molecule has 1 aliphatic carbocycles. The van der Waals surface area contributed by atoms with Crippen LogP contribution in [-0.4, -0.2) is 20.2 Å². The molecule has 0 aromatic heterocycles. The molecule has 0 spiro atoms. The average molecular weight is 219 g/mol.